The minimum absolute atomic E-state index is 0.0201. The molecule has 0 aliphatic carbocycles. The molecule has 0 atom stereocenters. The third kappa shape index (κ3) is 3.77. The van der Waals surface area contributed by atoms with Crippen LogP contribution in [0.25, 0.3) is 82.7 Å². The highest BCUT2D eigenvalue weighted by Crippen LogP contribution is 2.49. The van der Waals surface area contributed by atoms with Crippen LogP contribution in [0.4, 0.5) is 0 Å². The molecule has 0 unspecified atom stereocenters. The number of nitrogens with zero attached hydrogens (tertiary/aromatic N) is 5. The Morgan fingerprint density at radius 3 is 1.79 bits per heavy atom. The van der Waals surface area contributed by atoms with Crippen molar-refractivity contribution >= 4 is 65.7 Å². The van der Waals surface area contributed by atoms with Gasteiger partial charge in [-0.3, -0.25) is 9.13 Å². The molecule has 0 bridgehead atoms. The average Bonchev–Trinajstić information content (AvgIpc) is 3.79. The molecular formula is C47H37N5. The molecule has 250 valence electrons. The number of aromatic nitrogens is 5. The van der Waals surface area contributed by atoms with Crippen LogP contribution in [-0.4, -0.2) is 23.7 Å². The Morgan fingerprint density at radius 2 is 1.06 bits per heavy atom. The summed E-state index contributed by atoms with van der Waals surface area (Å²) < 4.78 is 7.18. The highest BCUT2D eigenvalue weighted by atomic mass is 15.1. The zero-order chi connectivity index (χ0) is 35.1. The fourth-order valence-corrected chi connectivity index (χ4v) is 9.07. The predicted molar refractivity (Wildman–Crippen MR) is 216 cm³/mol. The number of hydrogen-bond donors (Lipinski definition) is 0. The molecule has 0 fully saturated rings. The van der Waals surface area contributed by atoms with Crippen LogP contribution in [-0.2, 0) is 10.8 Å². The molecule has 0 saturated carbocycles. The van der Waals surface area contributed by atoms with Crippen LogP contribution in [0, 0.1) is 0 Å². The second-order valence-corrected chi connectivity index (χ2v) is 16.0. The first kappa shape index (κ1) is 29.5. The van der Waals surface area contributed by atoms with Gasteiger partial charge in [0.05, 0.1) is 27.8 Å². The van der Waals surface area contributed by atoms with E-state index < -0.39 is 0 Å². The van der Waals surface area contributed by atoms with E-state index in [2.05, 4.69) is 164 Å². The summed E-state index contributed by atoms with van der Waals surface area (Å²) in [6.45, 7) is 11.7. The van der Waals surface area contributed by atoms with Crippen molar-refractivity contribution in [3.63, 3.8) is 0 Å². The van der Waals surface area contributed by atoms with Gasteiger partial charge in [-0.25, -0.2) is 9.97 Å². The molecule has 0 N–H and O–H groups in total. The Hall–Kier alpha value is -6.20. The first-order valence-electron chi connectivity index (χ1n) is 18.2. The maximum absolute atomic E-state index is 5.03. The van der Waals surface area contributed by atoms with Gasteiger partial charge >= 0.3 is 0 Å². The van der Waals surface area contributed by atoms with E-state index in [4.69, 9.17) is 9.97 Å². The van der Waals surface area contributed by atoms with Crippen molar-refractivity contribution in [1.29, 1.82) is 0 Å². The number of pyridine rings is 2. The van der Waals surface area contributed by atoms with Crippen LogP contribution < -0.4 is 0 Å². The van der Waals surface area contributed by atoms with E-state index in [1.54, 1.807) is 0 Å². The topological polar surface area (TPSA) is 40.6 Å². The maximum atomic E-state index is 5.03. The van der Waals surface area contributed by atoms with Crippen molar-refractivity contribution in [2.45, 2.75) is 45.4 Å². The van der Waals surface area contributed by atoms with Gasteiger partial charge in [-0.15, -0.1) is 0 Å². The van der Waals surface area contributed by atoms with E-state index in [-0.39, 0.29) is 10.8 Å². The fraction of sp³-hybridized carbons (Fsp3) is 0.149. The van der Waals surface area contributed by atoms with Crippen molar-refractivity contribution in [3.05, 3.63) is 150 Å². The molecule has 10 aromatic rings. The molecule has 0 radical (unpaired) electrons. The van der Waals surface area contributed by atoms with E-state index in [9.17, 15) is 0 Å². The van der Waals surface area contributed by atoms with Gasteiger partial charge in [-0.05, 0) is 88.8 Å². The van der Waals surface area contributed by atoms with Gasteiger partial charge in [0, 0.05) is 61.5 Å². The third-order valence-corrected chi connectivity index (χ3v) is 11.7. The first-order valence-corrected chi connectivity index (χ1v) is 18.2. The summed E-state index contributed by atoms with van der Waals surface area (Å²) in [5.41, 5.74) is 13.9. The lowest BCUT2D eigenvalue weighted by atomic mass is 9.72. The maximum Gasteiger partial charge on any atom is 0.145 e. The molecule has 6 heterocycles. The molecule has 0 saturated heterocycles. The second-order valence-electron chi connectivity index (χ2n) is 16.0. The van der Waals surface area contributed by atoms with Crippen LogP contribution in [0.3, 0.4) is 0 Å². The summed E-state index contributed by atoms with van der Waals surface area (Å²) in [5, 5.41) is 7.29. The minimum Gasteiger partial charge on any atom is -0.309 e. The van der Waals surface area contributed by atoms with Crippen LogP contribution in [0.1, 0.15) is 51.3 Å². The highest BCUT2D eigenvalue weighted by Gasteiger charge is 2.37. The van der Waals surface area contributed by atoms with Gasteiger partial charge in [0.25, 0.3) is 0 Å². The highest BCUT2D eigenvalue weighted by molar-refractivity contribution is 6.13. The van der Waals surface area contributed by atoms with Gasteiger partial charge in [0.15, 0.2) is 0 Å². The van der Waals surface area contributed by atoms with Crippen molar-refractivity contribution in [2.24, 2.45) is 0 Å². The molecule has 0 spiro atoms. The number of hydrogen-bond acceptors (Lipinski definition) is 2. The van der Waals surface area contributed by atoms with Gasteiger partial charge in [-0.2, -0.15) is 0 Å². The first-order chi connectivity index (χ1) is 25.2. The summed E-state index contributed by atoms with van der Waals surface area (Å²) >= 11 is 0. The van der Waals surface area contributed by atoms with Crippen LogP contribution >= 0.6 is 0 Å². The lowest BCUT2D eigenvalue weighted by Crippen LogP contribution is -2.27. The fourth-order valence-electron chi connectivity index (χ4n) is 9.07. The summed E-state index contributed by atoms with van der Waals surface area (Å²) in [5.74, 6) is 0. The number of para-hydroxylation sites is 2. The molecule has 5 aromatic carbocycles. The van der Waals surface area contributed by atoms with Gasteiger partial charge in [-0.1, -0.05) is 89.2 Å². The normalized spacial score (nSPS) is 14.0. The lowest BCUT2D eigenvalue weighted by Gasteiger charge is -2.36. The van der Waals surface area contributed by atoms with Crippen LogP contribution in [0.5, 0.6) is 0 Å². The largest absolute Gasteiger partial charge is 0.309 e. The van der Waals surface area contributed by atoms with E-state index in [0.717, 1.165) is 39.1 Å². The summed E-state index contributed by atoms with van der Waals surface area (Å²) in [7, 11) is 0. The van der Waals surface area contributed by atoms with Gasteiger partial charge in [0.2, 0.25) is 0 Å². The van der Waals surface area contributed by atoms with E-state index in [0.29, 0.717) is 0 Å². The van der Waals surface area contributed by atoms with Crippen molar-refractivity contribution in [1.82, 2.24) is 23.7 Å². The molecule has 11 rings (SSSR count). The van der Waals surface area contributed by atoms with Gasteiger partial charge < -0.3 is 4.57 Å². The zero-order valence-corrected chi connectivity index (χ0v) is 29.9. The number of fused-ring (bicyclic) bond motifs is 11. The van der Waals surface area contributed by atoms with E-state index in [1.807, 2.05) is 18.5 Å². The molecule has 0 amide bonds. The Balaban J connectivity index is 1.21. The molecule has 5 heteroatoms. The lowest BCUT2D eigenvalue weighted by molar-refractivity contribution is 0.582. The SMILES string of the molecule is CC(C)(C)c1cc2c3c(c1)c1cccnc1n3-c1cc(-n3c4ccccc4c4ccc(-n5c6ccccc6c6cccnc65)cc43)ccc1C2(C)C. The molecule has 5 aromatic heterocycles. The van der Waals surface area contributed by atoms with Crippen molar-refractivity contribution < 1.29 is 0 Å². The molecule has 1 aliphatic rings. The van der Waals surface area contributed by atoms with Gasteiger partial charge in [0.1, 0.15) is 11.3 Å². The van der Waals surface area contributed by atoms with E-state index >= 15 is 0 Å². The van der Waals surface area contributed by atoms with Crippen LogP contribution in [0.15, 0.2) is 134 Å². The quantitative estimate of drug-likeness (QED) is 0.183. The summed E-state index contributed by atoms with van der Waals surface area (Å²) in [4.78, 5) is 9.92. The predicted octanol–water partition coefficient (Wildman–Crippen LogP) is 11.7. The Kier molecular flexibility index (Phi) is 5.67. The molecule has 5 nitrogen and oxygen atoms in total. The Bertz CT molecular complexity index is 3090. The second kappa shape index (κ2) is 9.98. The minimum atomic E-state index is -0.213. The van der Waals surface area contributed by atoms with Crippen molar-refractivity contribution in [3.8, 4) is 17.1 Å². The Morgan fingerprint density at radius 1 is 0.481 bits per heavy atom. The number of rotatable bonds is 2. The monoisotopic (exact) mass is 671 g/mol. The molecule has 1 aliphatic heterocycles. The molecule has 52 heavy (non-hydrogen) atoms. The third-order valence-electron chi connectivity index (χ3n) is 11.7. The summed E-state index contributed by atoms with van der Waals surface area (Å²) in [6.07, 6.45) is 3.82. The van der Waals surface area contributed by atoms with Crippen LogP contribution in [0.2, 0.25) is 0 Å². The van der Waals surface area contributed by atoms with Crippen molar-refractivity contribution in [2.75, 3.05) is 0 Å². The Labute approximate surface area is 301 Å². The van der Waals surface area contributed by atoms with E-state index in [1.165, 1.54) is 60.3 Å². The summed E-state index contributed by atoms with van der Waals surface area (Å²) in [6, 6.07) is 44.7. The zero-order valence-electron chi connectivity index (χ0n) is 29.9. The smallest absolute Gasteiger partial charge is 0.145 e. The molecular weight excluding hydrogens is 635 g/mol. The standard InChI is InChI=1S/C47H37N5/c1-46(2,3)28-24-36-35-15-11-23-49-45(35)52-42-27-29(19-21-37(42)47(4,5)38(25-28)43(36)52)50-39-16-8-6-12-31(39)33-20-18-30(26-41(33)50)51-40-17-9-7-13-32(40)34-14-10-22-48-44(34)51/h6-27H,1-5H3. The average molecular weight is 672 g/mol. The number of benzene rings is 5.